The van der Waals surface area contributed by atoms with E-state index in [9.17, 15) is 14.0 Å². The standard InChI is InChI=1S/C33H36ClFN4O2/c1-32(2)21-23-4-3-22(19-26(23)29(32)37-30(40)27-20-24(35)5-6-28(27)34)31(41)39-17-11-33(12-18-39)9-15-38(16-10-33)25-7-13-36-14-8-25/h3-8,13-14,19-20,29H,9-12,15-18,21H2,1-2H3,(H,37,40). The second kappa shape index (κ2) is 10.8. The van der Waals surface area contributed by atoms with Crippen LogP contribution in [0.4, 0.5) is 10.1 Å². The molecule has 2 amide bonds. The Labute approximate surface area is 245 Å². The number of likely N-dealkylation sites (tertiary alicyclic amines) is 1. The molecule has 1 spiro atoms. The molecule has 8 heteroatoms. The zero-order valence-corrected chi connectivity index (χ0v) is 24.4. The number of nitrogens with zero attached hydrogens (tertiary/aromatic N) is 3. The maximum absolute atomic E-state index is 13.9. The molecule has 2 aliphatic heterocycles. The summed E-state index contributed by atoms with van der Waals surface area (Å²) in [5.41, 5.74) is 4.07. The molecule has 3 aliphatic rings. The molecule has 0 radical (unpaired) electrons. The number of carbonyl (C=O) groups excluding carboxylic acids is 2. The SMILES string of the molecule is CC1(C)Cc2ccc(C(=O)N3CCC4(CC3)CCN(c3ccncc3)CC4)cc2C1NC(=O)c1cc(F)ccc1Cl. The van der Waals surface area contributed by atoms with Gasteiger partial charge in [-0.3, -0.25) is 14.6 Å². The van der Waals surface area contributed by atoms with Crippen LogP contribution in [0, 0.1) is 16.6 Å². The molecule has 41 heavy (non-hydrogen) atoms. The van der Waals surface area contributed by atoms with E-state index in [1.54, 1.807) is 0 Å². The molecule has 1 aliphatic carbocycles. The summed E-state index contributed by atoms with van der Waals surface area (Å²) in [6.07, 6.45) is 8.78. The molecule has 6 nitrogen and oxygen atoms in total. The number of amides is 2. The molecular formula is C33H36ClFN4O2. The van der Waals surface area contributed by atoms with E-state index in [1.165, 1.54) is 17.8 Å². The van der Waals surface area contributed by atoms with Gasteiger partial charge in [-0.2, -0.15) is 0 Å². The minimum absolute atomic E-state index is 0.0415. The van der Waals surface area contributed by atoms with Crippen molar-refractivity contribution in [1.29, 1.82) is 0 Å². The van der Waals surface area contributed by atoms with Gasteiger partial charge in [-0.1, -0.05) is 31.5 Å². The van der Waals surface area contributed by atoms with Gasteiger partial charge in [0, 0.05) is 49.8 Å². The van der Waals surface area contributed by atoms with Crippen molar-refractivity contribution in [2.75, 3.05) is 31.1 Å². The number of piperidine rings is 2. The van der Waals surface area contributed by atoms with Crippen LogP contribution in [0.1, 0.15) is 77.4 Å². The van der Waals surface area contributed by atoms with Gasteiger partial charge in [-0.15, -0.1) is 0 Å². The average Bonchev–Trinajstić information content (AvgIpc) is 3.23. The Morgan fingerprint density at radius 1 is 0.951 bits per heavy atom. The Balaban J connectivity index is 1.13. The van der Waals surface area contributed by atoms with Crippen molar-refractivity contribution in [3.63, 3.8) is 0 Å². The number of pyridine rings is 1. The van der Waals surface area contributed by atoms with Crippen molar-refractivity contribution in [3.8, 4) is 0 Å². The van der Waals surface area contributed by atoms with Gasteiger partial charge in [0.25, 0.3) is 11.8 Å². The fraction of sp³-hybridized carbons (Fsp3) is 0.424. The summed E-state index contributed by atoms with van der Waals surface area (Å²) in [6.45, 7) is 7.77. The van der Waals surface area contributed by atoms with Gasteiger partial charge >= 0.3 is 0 Å². The molecule has 1 aromatic heterocycles. The highest BCUT2D eigenvalue weighted by molar-refractivity contribution is 6.33. The van der Waals surface area contributed by atoms with E-state index in [-0.39, 0.29) is 28.0 Å². The zero-order valence-electron chi connectivity index (χ0n) is 23.6. The smallest absolute Gasteiger partial charge is 0.253 e. The van der Waals surface area contributed by atoms with E-state index in [0.29, 0.717) is 11.0 Å². The van der Waals surface area contributed by atoms with Gasteiger partial charge < -0.3 is 15.1 Å². The summed E-state index contributed by atoms with van der Waals surface area (Å²) in [4.78, 5) is 35.4. The molecule has 1 atom stereocenters. The lowest BCUT2D eigenvalue weighted by molar-refractivity contribution is 0.0515. The fourth-order valence-electron chi connectivity index (χ4n) is 6.99. The van der Waals surface area contributed by atoms with Crippen molar-refractivity contribution in [1.82, 2.24) is 15.2 Å². The number of aromatic nitrogens is 1. The largest absolute Gasteiger partial charge is 0.371 e. The maximum atomic E-state index is 13.9. The van der Waals surface area contributed by atoms with Crippen molar-refractivity contribution >= 4 is 29.1 Å². The number of hydrogen-bond donors (Lipinski definition) is 1. The molecule has 3 heterocycles. The van der Waals surface area contributed by atoms with E-state index in [2.05, 4.69) is 41.2 Å². The third-order valence-corrected chi connectivity index (χ3v) is 9.87. The van der Waals surface area contributed by atoms with Crippen LogP contribution in [0.3, 0.4) is 0 Å². The highest BCUT2D eigenvalue weighted by atomic mass is 35.5. The van der Waals surface area contributed by atoms with Crippen LogP contribution in [-0.4, -0.2) is 47.9 Å². The van der Waals surface area contributed by atoms with Gasteiger partial charge in [0.05, 0.1) is 16.6 Å². The van der Waals surface area contributed by atoms with Gasteiger partial charge in [0.2, 0.25) is 0 Å². The van der Waals surface area contributed by atoms with Gasteiger partial charge in [-0.25, -0.2) is 4.39 Å². The lowest BCUT2D eigenvalue weighted by atomic mass is 9.71. The predicted octanol–water partition coefficient (Wildman–Crippen LogP) is 6.45. The van der Waals surface area contributed by atoms with Gasteiger partial charge in [-0.05, 0) is 96.5 Å². The number of benzene rings is 2. The topological polar surface area (TPSA) is 65.5 Å². The third-order valence-electron chi connectivity index (χ3n) is 9.54. The Morgan fingerprint density at radius 2 is 1.63 bits per heavy atom. The van der Waals surface area contributed by atoms with E-state index in [4.69, 9.17) is 11.6 Å². The Hall–Kier alpha value is -3.45. The van der Waals surface area contributed by atoms with Crippen LogP contribution < -0.4 is 10.2 Å². The number of halogens is 2. The van der Waals surface area contributed by atoms with Crippen molar-refractivity contribution in [3.05, 3.63) is 94.0 Å². The maximum Gasteiger partial charge on any atom is 0.253 e. The third kappa shape index (κ3) is 5.44. The van der Waals surface area contributed by atoms with Crippen LogP contribution >= 0.6 is 11.6 Å². The summed E-state index contributed by atoms with van der Waals surface area (Å²) in [7, 11) is 0. The van der Waals surface area contributed by atoms with E-state index in [0.717, 1.165) is 75.5 Å². The van der Waals surface area contributed by atoms with Crippen LogP contribution in [0.15, 0.2) is 60.9 Å². The lowest BCUT2D eigenvalue weighted by Crippen LogP contribution is -2.48. The summed E-state index contributed by atoms with van der Waals surface area (Å²) < 4.78 is 13.9. The number of nitrogens with one attached hydrogen (secondary N) is 1. The molecule has 0 saturated carbocycles. The molecule has 2 aromatic carbocycles. The number of rotatable bonds is 4. The second-order valence-corrected chi connectivity index (χ2v) is 13.0. The summed E-state index contributed by atoms with van der Waals surface area (Å²) in [5.74, 6) is -0.894. The summed E-state index contributed by atoms with van der Waals surface area (Å²) in [5, 5.41) is 3.29. The molecule has 2 fully saturated rings. The Kier molecular flexibility index (Phi) is 7.26. The molecule has 214 valence electrons. The van der Waals surface area contributed by atoms with Crippen molar-refractivity contribution in [2.24, 2.45) is 10.8 Å². The summed E-state index contributed by atoms with van der Waals surface area (Å²) in [6, 6.07) is 13.5. The highest BCUT2D eigenvalue weighted by Gasteiger charge is 2.42. The van der Waals surface area contributed by atoms with Gasteiger partial charge in [0.1, 0.15) is 5.82 Å². The number of carbonyl (C=O) groups is 2. The van der Waals surface area contributed by atoms with Crippen molar-refractivity contribution in [2.45, 2.75) is 52.0 Å². The molecule has 3 aromatic rings. The molecule has 2 saturated heterocycles. The van der Waals surface area contributed by atoms with Crippen molar-refractivity contribution < 1.29 is 14.0 Å². The normalized spacial score (nSPS) is 21.0. The van der Waals surface area contributed by atoms with Crippen LogP contribution in [0.25, 0.3) is 0 Å². The minimum Gasteiger partial charge on any atom is -0.371 e. The van der Waals surface area contributed by atoms with E-state index >= 15 is 0 Å². The van der Waals surface area contributed by atoms with E-state index in [1.807, 2.05) is 35.5 Å². The molecule has 0 bridgehead atoms. The fourth-order valence-corrected chi connectivity index (χ4v) is 7.19. The zero-order chi connectivity index (χ0) is 28.8. The molecular weight excluding hydrogens is 539 g/mol. The van der Waals surface area contributed by atoms with Crippen LogP contribution in [0.2, 0.25) is 5.02 Å². The van der Waals surface area contributed by atoms with Crippen LogP contribution in [0.5, 0.6) is 0 Å². The van der Waals surface area contributed by atoms with Crippen LogP contribution in [-0.2, 0) is 6.42 Å². The Bertz CT molecular complexity index is 1460. The number of fused-ring (bicyclic) bond motifs is 1. The first-order valence-electron chi connectivity index (χ1n) is 14.5. The molecule has 1 N–H and O–H groups in total. The van der Waals surface area contributed by atoms with Gasteiger partial charge in [0.15, 0.2) is 0 Å². The second-order valence-electron chi connectivity index (χ2n) is 12.6. The lowest BCUT2D eigenvalue weighted by Gasteiger charge is -2.47. The first kappa shape index (κ1) is 27.7. The first-order valence-corrected chi connectivity index (χ1v) is 14.9. The van der Waals surface area contributed by atoms with E-state index < -0.39 is 11.7 Å². The quantitative estimate of drug-likeness (QED) is 0.389. The monoisotopic (exact) mass is 574 g/mol. The molecule has 1 unspecified atom stereocenters. The summed E-state index contributed by atoms with van der Waals surface area (Å²) >= 11 is 6.21. The first-order chi connectivity index (χ1) is 19.6. The average molecular weight is 575 g/mol. The number of hydrogen-bond acceptors (Lipinski definition) is 4. The Morgan fingerprint density at radius 3 is 2.34 bits per heavy atom. The predicted molar refractivity (Wildman–Crippen MR) is 159 cm³/mol. The minimum atomic E-state index is -0.513. The highest BCUT2D eigenvalue weighted by Crippen LogP contribution is 2.46. The number of anilines is 1. The molecule has 6 rings (SSSR count).